The van der Waals surface area contributed by atoms with E-state index in [0.29, 0.717) is 17.9 Å². The minimum Gasteiger partial charge on any atom is -0.368 e. The van der Waals surface area contributed by atoms with Crippen molar-refractivity contribution in [2.45, 2.75) is 10.8 Å². The van der Waals surface area contributed by atoms with Crippen LogP contribution in [-0.4, -0.2) is 28.9 Å². The van der Waals surface area contributed by atoms with Crippen LogP contribution in [-0.2, 0) is 10.0 Å². The summed E-state index contributed by atoms with van der Waals surface area (Å²) in [6.45, 7) is 0.647. The third kappa shape index (κ3) is 5.15. The van der Waals surface area contributed by atoms with Crippen molar-refractivity contribution in [1.82, 2.24) is 13.9 Å². The van der Waals surface area contributed by atoms with Crippen LogP contribution in [0.4, 0.5) is 5.82 Å². The maximum absolute atomic E-state index is 13.3. The molecule has 2 heterocycles. The Kier molecular flexibility index (Phi) is 6.93. The number of nitrogens with zero attached hydrogens (tertiary/aromatic N) is 3. The van der Waals surface area contributed by atoms with E-state index >= 15 is 0 Å². The highest BCUT2D eigenvalue weighted by molar-refractivity contribution is 7.90. The van der Waals surface area contributed by atoms with Gasteiger partial charge in [-0.25, -0.2) is 22.4 Å². The van der Waals surface area contributed by atoms with Crippen molar-refractivity contribution in [3.05, 3.63) is 157 Å². The first-order chi connectivity index (χ1) is 21.1. The molecule has 5 aromatic carbocycles. The van der Waals surface area contributed by atoms with E-state index in [1.807, 2.05) is 60.7 Å². The third-order valence-electron chi connectivity index (χ3n) is 7.69. The molecule has 0 fully saturated rings. The van der Waals surface area contributed by atoms with E-state index in [1.165, 1.54) is 15.1 Å². The highest BCUT2D eigenvalue weighted by Gasteiger charge is 2.20. The molecule has 0 aliphatic carbocycles. The van der Waals surface area contributed by atoms with Crippen molar-refractivity contribution in [2.24, 2.45) is 0 Å². The van der Waals surface area contributed by atoms with Gasteiger partial charge in [-0.05, 0) is 59.7 Å². The summed E-state index contributed by atoms with van der Waals surface area (Å²) in [7, 11) is -3.72. The lowest BCUT2D eigenvalue weighted by Crippen LogP contribution is -2.15. The lowest BCUT2D eigenvalue weighted by atomic mass is 9.91. The third-order valence-corrected chi connectivity index (χ3v) is 9.40. The minimum absolute atomic E-state index is 0.127. The van der Waals surface area contributed by atoms with Gasteiger partial charge in [0.15, 0.2) is 5.82 Å². The van der Waals surface area contributed by atoms with Crippen molar-refractivity contribution in [3.8, 4) is 11.4 Å². The van der Waals surface area contributed by atoms with Crippen LogP contribution in [0.5, 0.6) is 0 Å². The second-order valence-electron chi connectivity index (χ2n) is 10.4. The van der Waals surface area contributed by atoms with E-state index in [0.717, 1.165) is 27.7 Å². The van der Waals surface area contributed by atoms with Crippen LogP contribution in [0.2, 0.25) is 0 Å². The number of aromatic nitrogens is 3. The van der Waals surface area contributed by atoms with Gasteiger partial charge in [0.25, 0.3) is 10.0 Å². The predicted molar refractivity (Wildman–Crippen MR) is 173 cm³/mol. The van der Waals surface area contributed by atoms with Gasteiger partial charge in [-0.1, -0.05) is 91.0 Å². The zero-order valence-electron chi connectivity index (χ0n) is 23.2. The molecule has 0 spiro atoms. The zero-order chi connectivity index (χ0) is 29.2. The Morgan fingerprint density at radius 1 is 0.674 bits per heavy atom. The standard InChI is InChI=1S/C36H28N4O2S/c41-43(42,30-16-8-3-9-17-30)40-23-22-28-24-29(20-21-34(28)40)35-38-33-19-11-10-18-31(33)36(39-35)37-25-32(26-12-4-1-5-13-26)27-14-6-2-7-15-27/h1-24,32H,25H2,(H,37,38,39). The molecule has 0 aliphatic rings. The monoisotopic (exact) mass is 580 g/mol. The molecule has 0 unspecified atom stereocenters. The van der Waals surface area contributed by atoms with Gasteiger partial charge < -0.3 is 5.32 Å². The van der Waals surface area contributed by atoms with Crippen LogP contribution in [0.15, 0.2) is 151 Å². The number of para-hydroxylation sites is 1. The van der Waals surface area contributed by atoms with E-state index in [9.17, 15) is 8.42 Å². The molecule has 0 radical (unpaired) electrons. The first-order valence-corrected chi connectivity index (χ1v) is 15.5. The molecule has 6 nitrogen and oxygen atoms in total. The summed E-state index contributed by atoms with van der Waals surface area (Å²) in [5.74, 6) is 1.45. The van der Waals surface area contributed by atoms with E-state index in [-0.39, 0.29) is 10.8 Å². The first kappa shape index (κ1) is 26.6. The van der Waals surface area contributed by atoms with Gasteiger partial charge in [-0.3, -0.25) is 0 Å². The Morgan fingerprint density at radius 2 is 1.30 bits per heavy atom. The molecule has 0 atom stereocenters. The molecule has 0 saturated heterocycles. The summed E-state index contributed by atoms with van der Waals surface area (Å²) in [5.41, 5.74) is 4.68. The molecule has 1 N–H and O–H groups in total. The molecule has 0 amide bonds. The van der Waals surface area contributed by atoms with Gasteiger partial charge in [-0.15, -0.1) is 0 Å². The largest absolute Gasteiger partial charge is 0.368 e. The Labute approximate surface area is 250 Å². The molecule has 7 rings (SSSR count). The fraction of sp³-hybridized carbons (Fsp3) is 0.0556. The molecule has 0 bridgehead atoms. The van der Waals surface area contributed by atoms with Crippen molar-refractivity contribution >= 4 is 37.6 Å². The molecule has 43 heavy (non-hydrogen) atoms. The lowest BCUT2D eigenvalue weighted by molar-refractivity contribution is 0.589. The van der Waals surface area contributed by atoms with Crippen molar-refractivity contribution in [3.63, 3.8) is 0 Å². The van der Waals surface area contributed by atoms with Gasteiger partial charge >= 0.3 is 0 Å². The van der Waals surface area contributed by atoms with E-state index < -0.39 is 10.0 Å². The van der Waals surface area contributed by atoms with E-state index in [2.05, 4.69) is 53.8 Å². The van der Waals surface area contributed by atoms with Crippen molar-refractivity contribution < 1.29 is 8.42 Å². The minimum atomic E-state index is -3.72. The summed E-state index contributed by atoms with van der Waals surface area (Å²) in [4.78, 5) is 10.1. The fourth-order valence-corrected chi connectivity index (χ4v) is 6.88. The van der Waals surface area contributed by atoms with Crippen LogP contribution in [0.25, 0.3) is 33.2 Å². The average molecular weight is 581 g/mol. The Bertz CT molecular complexity index is 2110. The average Bonchev–Trinajstić information content (AvgIpc) is 3.50. The SMILES string of the molecule is O=S(=O)(c1ccccc1)n1ccc2cc(-c3nc(NCC(c4ccccc4)c4ccccc4)c4ccccc4n3)ccc21. The fourth-order valence-electron chi connectivity index (χ4n) is 5.51. The molecule has 0 aliphatic heterocycles. The number of nitrogens with one attached hydrogen (secondary N) is 1. The van der Waals surface area contributed by atoms with Gasteiger partial charge in [0.2, 0.25) is 0 Å². The Balaban J connectivity index is 1.26. The lowest BCUT2D eigenvalue weighted by Gasteiger charge is -2.20. The Hall–Kier alpha value is -5.27. The smallest absolute Gasteiger partial charge is 0.268 e. The Morgan fingerprint density at radius 3 is 2.00 bits per heavy atom. The maximum atomic E-state index is 13.3. The van der Waals surface area contributed by atoms with Gasteiger partial charge in [0.1, 0.15) is 5.82 Å². The van der Waals surface area contributed by atoms with Crippen LogP contribution >= 0.6 is 0 Å². The van der Waals surface area contributed by atoms with Crippen LogP contribution in [0.1, 0.15) is 17.0 Å². The van der Waals surface area contributed by atoms with E-state index in [4.69, 9.17) is 9.97 Å². The molecule has 7 aromatic rings. The number of fused-ring (bicyclic) bond motifs is 2. The normalized spacial score (nSPS) is 11.7. The van der Waals surface area contributed by atoms with Gasteiger partial charge in [-0.2, -0.15) is 0 Å². The summed E-state index contributed by atoms with van der Waals surface area (Å²) in [5, 5.41) is 5.37. The molecule has 0 saturated carbocycles. The second-order valence-corrected chi connectivity index (χ2v) is 12.2. The topological polar surface area (TPSA) is 76.9 Å². The van der Waals surface area contributed by atoms with Gasteiger partial charge in [0.05, 0.1) is 15.9 Å². The molecule has 2 aromatic heterocycles. The summed E-state index contributed by atoms with van der Waals surface area (Å²) >= 11 is 0. The van der Waals surface area contributed by atoms with Crippen LogP contribution in [0, 0.1) is 0 Å². The number of rotatable bonds is 8. The predicted octanol–water partition coefficient (Wildman–Crippen LogP) is 7.73. The molecular weight excluding hydrogens is 552 g/mol. The van der Waals surface area contributed by atoms with Crippen LogP contribution < -0.4 is 5.32 Å². The summed E-state index contributed by atoms with van der Waals surface area (Å²) in [6, 6.07) is 44.8. The summed E-state index contributed by atoms with van der Waals surface area (Å²) in [6.07, 6.45) is 1.60. The van der Waals surface area contributed by atoms with Crippen molar-refractivity contribution in [2.75, 3.05) is 11.9 Å². The first-order valence-electron chi connectivity index (χ1n) is 14.1. The maximum Gasteiger partial charge on any atom is 0.268 e. The second kappa shape index (κ2) is 11.2. The van der Waals surface area contributed by atoms with Crippen LogP contribution in [0.3, 0.4) is 0 Å². The zero-order valence-corrected chi connectivity index (χ0v) is 24.0. The quantitative estimate of drug-likeness (QED) is 0.199. The summed E-state index contributed by atoms with van der Waals surface area (Å²) < 4.78 is 28.0. The molecular formula is C36H28N4O2S. The number of hydrogen-bond acceptors (Lipinski definition) is 5. The number of anilines is 1. The molecule has 7 heteroatoms. The molecule has 210 valence electrons. The number of benzene rings is 5. The highest BCUT2D eigenvalue weighted by Crippen LogP contribution is 2.31. The highest BCUT2D eigenvalue weighted by atomic mass is 32.2. The van der Waals surface area contributed by atoms with Gasteiger partial charge in [0, 0.05) is 35.0 Å². The number of hydrogen-bond donors (Lipinski definition) is 1. The van der Waals surface area contributed by atoms with E-state index in [1.54, 1.807) is 36.5 Å². The van der Waals surface area contributed by atoms with Crippen molar-refractivity contribution in [1.29, 1.82) is 0 Å².